The second kappa shape index (κ2) is 6.64. The van der Waals surface area contributed by atoms with E-state index >= 15 is 0 Å². The van der Waals surface area contributed by atoms with Crippen LogP contribution in [-0.2, 0) is 10.0 Å². The summed E-state index contributed by atoms with van der Waals surface area (Å²) in [7, 11) is -3.29. The Kier molecular flexibility index (Phi) is 4.45. The van der Waals surface area contributed by atoms with Crippen LogP contribution >= 0.6 is 0 Å². The third kappa shape index (κ3) is 3.34. The second-order valence-electron chi connectivity index (χ2n) is 6.99. The Morgan fingerprint density at radius 2 is 2.19 bits per heavy atom. The summed E-state index contributed by atoms with van der Waals surface area (Å²) in [5.41, 5.74) is 3.30. The quantitative estimate of drug-likeness (QED) is 0.828. The maximum Gasteiger partial charge on any atom is 0.241 e. The van der Waals surface area contributed by atoms with E-state index in [9.17, 15) is 13.5 Å². The first-order chi connectivity index (χ1) is 12.4. The van der Waals surface area contributed by atoms with Gasteiger partial charge in [0.15, 0.2) is 0 Å². The van der Waals surface area contributed by atoms with Gasteiger partial charge < -0.3 is 10.4 Å². The van der Waals surface area contributed by atoms with Crippen LogP contribution < -0.4 is 5.32 Å². The Bertz CT molecular complexity index is 952. The van der Waals surface area contributed by atoms with Gasteiger partial charge in [-0.05, 0) is 43.4 Å². The van der Waals surface area contributed by atoms with Gasteiger partial charge in [0.25, 0.3) is 0 Å². The molecule has 2 aliphatic rings. The number of nitrogens with zero attached hydrogens (tertiary/aromatic N) is 4. The van der Waals surface area contributed by atoms with Crippen LogP contribution in [-0.4, -0.2) is 63.9 Å². The van der Waals surface area contributed by atoms with E-state index in [1.54, 1.807) is 6.20 Å². The van der Waals surface area contributed by atoms with Crippen LogP contribution in [0.4, 0.5) is 5.95 Å². The first kappa shape index (κ1) is 17.4. The summed E-state index contributed by atoms with van der Waals surface area (Å²) in [6.45, 7) is 0.456. The van der Waals surface area contributed by atoms with Crippen LogP contribution in [0.1, 0.15) is 31.4 Å². The van der Waals surface area contributed by atoms with Crippen LogP contribution in [0.3, 0.4) is 0 Å². The fourth-order valence-electron chi connectivity index (χ4n) is 3.65. The zero-order valence-corrected chi connectivity index (χ0v) is 15.5. The number of fused-ring (bicyclic) bond motifs is 1. The standard InChI is InChI=1S/C17H23N5O3S/c1-26(24,25)21-9-8-14(16(23)11-21)19-17-18-10-13-6-7-15(22(13)20-17)12-4-2-3-5-12/h4,6-7,10,14,16,23H,2-3,5,8-9,11H2,1H3,(H,19,20)/t14-,16-/m1/s1. The predicted octanol–water partition coefficient (Wildman–Crippen LogP) is 1.10. The molecule has 9 heteroatoms. The number of hydrogen-bond acceptors (Lipinski definition) is 6. The number of hydrogen-bond donors (Lipinski definition) is 2. The van der Waals surface area contributed by atoms with Gasteiger partial charge in [-0.25, -0.2) is 17.9 Å². The molecular formula is C17H23N5O3S. The van der Waals surface area contributed by atoms with Crippen LogP contribution in [0, 0.1) is 0 Å². The summed E-state index contributed by atoms with van der Waals surface area (Å²) in [4.78, 5) is 4.34. The highest BCUT2D eigenvalue weighted by Crippen LogP contribution is 2.28. The maximum atomic E-state index is 11.6. The molecule has 0 bridgehead atoms. The minimum Gasteiger partial charge on any atom is -0.390 e. The Hall–Kier alpha value is -1.97. The van der Waals surface area contributed by atoms with Gasteiger partial charge in [0.1, 0.15) is 0 Å². The van der Waals surface area contributed by atoms with Crippen LogP contribution in [0.15, 0.2) is 24.4 Å². The summed E-state index contributed by atoms with van der Waals surface area (Å²) in [6, 6.07) is 3.78. The topological polar surface area (TPSA) is 99.8 Å². The lowest BCUT2D eigenvalue weighted by atomic mass is 10.0. The average Bonchev–Trinajstić information content (AvgIpc) is 3.24. The van der Waals surface area contributed by atoms with Crippen LogP contribution in [0.25, 0.3) is 11.1 Å². The Labute approximate surface area is 152 Å². The summed E-state index contributed by atoms with van der Waals surface area (Å²) < 4.78 is 26.5. The van der Waals surface area contributed by atoms with E-state index in [0.29, 0.717) is 18.9 Å². The molecule has 4 rings (SSSR count). The van der Waals surface area contributed by atoms with Crippen molar-refractivity contribution >= 4 is 27.1 Å². The van der Waals surface area contributed by atoms with E-state index in [2.05, 4.69) is 27.5 Å². The highest BCUT2D eigenvalue weighted by Gasteiger charge is 2.32. The molecule has 1 saturated heterocycles. The largest absolute Gasteiger partial charge is 0.390 e. The fraction of sp³-hybridized carbons (Fsp3) is 0.529. The van der Waals surface area contributed by atoms with Gasteiger partial charge in [0.2, 0.25) is 16.0 Å². The number of anilines is 1. The molecular weight excluding hydrogens is 354 g/mol. The molecule has 1 aliphatic carbocycles. The van der Waals surface area contributed by atoms with Crippen molar-refractivity contribution in [2.24, 2.45) is 0 Å². The zero-order chi connectivity index (χ0) is 18.3. The molecule has 1 aliphatic heterocycles. The van der Waals surface area contributed by atoms with Crippen molar-refractivity contribution in [3.05, 3.63) is 30.1 Å². The number of rotatable bonds is 4. The highest BCUT2D eigenvalue weighted by atomic mass is 32.2. The van der Waals surface area contributed by atoms with Crippen molar-refractivity contribution in [1.29, 1.82) is 0 Å². The first-order valence-electron chi connectivity index (χ1n) is 8.86. The number of aromatic nitrogens is 3. The van der Waals surface area contributed by atoms with Crippen LogP contribution in [0.2, 0.25) is 0 Å². The van der Waals surface area contributed by atoms with Gasteiger partial charge in [-0.2, -0.15) is 4.31 Å². The monoisotopic (exact) mass is 377 g/mol. The third-order valence-corrected chi connectivity index (χ3v) is 6.37. The summed E-state index contributed by atoms with van der Waals surface area (Å²) >= 11 is 0. The summed E-state index contributed by atoms with van der Waals surface area (Å²) in [5.74, 6) is 0.436. The lowest BCUT2D eigenvalue weighted by Crippen LogP contribution is -2.51. The van der Waals surface area contributed by atoms with Gasteiger partial charge in [-0.1, -0.05) is 6.08 Å². The molecule has 0 aromatic carbocycles. The number of sulfonamides is 1. The van der Waals surface area contributed by atoms with Crippen molar-refractivity contribution in [2.45, 2.75) is 37.8 Å². The molecule has 0 amide bonds. The number of allylic oxidation sites excluding steroid dienone is 2. The van der Waals surface area contributed by atoms with Gasteiger partial charge >= 0.3 is 0 Å². The Morgan fingerprint density at radius 1 is 1.35 bits per heavy atom. The maximum absolute atomic E-state index is 11.6. The van der Waals surface area contributed by atoms with Gasteiger partial charge in [0, 0.05) is 13.1 Å². The van der Waals surface area contributed by atoms with Crippen molar-refractivity contribution in [3.8, 4) is 0 Å². The molecule has 26 heavy (non-hydrogen) atoms. The van der Waals surface area contributed by atoms with E-state index in [1.165, 1.54) is 16.3 Å². The predicted molar refractivity (Wildman–Crippen MR) is 99.3 cm³/mol. The molecule has 1 fully saturated rings. The lowest BCUT2D eigenvalue weighted by Gasteiger charge is -2.34. The van der Waals surface area contributed by atoms with Crippen molar-refractivity contribution < 1.29 is 13.5 Å². The minimum absolute atomic E-state index is 0.0837. The third-order valence-electron chi connectivity index (χ3n) is 5.10. The Balaban J connectivity index is 1.53. The molecule has 0 unspecified atom stereocenters. The van der Waals surface area contributed by atoms with Gasteiger partial charge in [0.05, 0.1) is 35.8 Å². The number of aliphatic hydroxyl groups is 1. The molecule has 2 aromatic rings. The molecule has 0 saturated carbocycles. The van der Waals surface area contributed by atoms with Crippen LogP contribution in [0.5, 0.6) is 0 Å². The smallest absolute Gasteiger partial charge is 0.241 e. The first-order valence-corrected chi connectivity index (χ1v) is 10.7. The second-order valence-corrected chi connectivity index (χ2v) is 8.97. The molecule has 0 spiro atoms. The van der Waals surface area contributed by atoms with Gasteiger partial charge in [-0.3, -0.25) is 0 Å². The van der Waals surface area contributed by atoms with E-state index in [0.717, 1.165) is 30.3 Å². The molecule has 8 nitrogen and oxygen atoms in total. The number of piperidine rings is 1. The number of β-amino-alcohol motifs (C(OH)–C–C–N with tert-alkyl or cyclic N) is 1. The zero-order valence-electron chi connectivity index (χ0n) is 14.7. The average molecular weight is 377 g/mol. The van der Waals surface area contributed by atoms with E-state index in [-0.39, 0.29) is 12.6 Å². The Morgan fingerprint density at radius 3 is 2.88 bits per heavy atom. The lowest BCUT2D eigenvalue weighted by molar-refractivity contribution is 0.0950. The van der Waals surface area contributed by atoms with Crippen molar-refractivity contribution in [2.75, 3.05) is 24.7 Å². The fourth-order valence-corrected chi connectivity index (χ4v) is 4.51. The van der Waals surface area contributed by atoms with E-state index in [1.807, 2.05) is 10.6 Å². The number of nitrogens with one attached hydrogen (secondary N) is 1. The van der Waals surface area contributed by atoms with Crippen molar-refractivity contribution in [1.82, 2.24) is 18.9 Å². The minimum atomic E-state index is -3.29. The molecule has 140 valence electrons. The van der Waals surface area contributed by atoms with Crippen molar-refractivity contribution in [3.63, 3.8) is 0 Å². The molecule has 2 N–H and O–H groups in total. The number of aliphatic hydroxyl groups excluding tert-OH is 1. The molecule has 0 radical (unpaired) electrons. The molecule has 3 heterocycles. The van der Waals surface area contributed by atoms with E-state index < -0.39 is 16.1 Å². The normalized spacial score (nSPS) is 24.8. The molecule has 2 aromatic heterocycles. The van der Waals surface area contributed by atoms with Gasteiger partial charge in [-0.15, -0.1) is 5.10 Å². The SMILES string of the molecule is CS(=O)(=O)N1CC[C@@H](Nc2ncc3ccc(C4=CCCC4)n3n2)[C@H](O)C1. The summed E-state index contributed by atoms with van der Waals surface area (Å²) in [6.07, 6.45) is 8.19. The molecule has 2 atom stereocenters. The highest BCUT2D eigenvalue weighted by molar-refractivity contribution is 7.88. The van der Waals surface area contributed by atoms with E-state index in [4.69, 9.17) is 0 Å². The summed E-state index contributed by atoms with van der Waals surface area (Å²) in [5, 5.41) is 18.1.